The van der Waals surface area contributed by atoms with Crippen LogP contribution in [0.25, 0.3) is 0 Å². The van der Waals surface area contributed by atoms with E-state index in [0.717, 1.165) is 6.07 Å². The summed E-state index contributed by atoms with van der Waals surface area (Å²) in [5.74, 6) is -0.989. The number of hydrogen-bond donors (Lipinski definition) is 1. The van der Waals surface area contributed by atoms with Crippen molar-refractivity contribution < 1.29 is 8.78 Å². The molecule has 0 fully saturated rings. The lowest BCUT2D eigenvalue weighted by atomic mass is 9.80. The van der Waals surface area contributed by atoms with E-state index in [0.29, 0.717) is 24.1 Å². The Kier molecular flexibility index (Phi) is 3.45. The zero-order chi connectivity index (χ0) is 11.6. The summed E-state index contributed by atoms with van der Waals surface area (Å²) in [6.07, 6.45) is 0.676. The van der Waals surface area contributed by atoms with Crippen LogP contribution in [0, 0.1) is 18.6 Å². The second-order valence-electron chi connectivity index (χ2n) is 4.50. The molecule has 1 aromatic carbocycles. The van der Waals surface area contributed by atoms with E-state index < -0.39 is 11.6 Å². The van der Waals surface area contributed by atoms with Crippen molar-refractivity contribution >= 4 is 0 Å². The average Bonchev–Trinajstić information content (AvgIpc) is 2.11. The van der Waals surface area contributed by atoms with Crippen molar-refractivity contribution in [2.45, 2.75) is 32.6 Å². The summed E-state index contributed by atoms with van der Waals surface area (Å²) < 4.78 is 26.6. The third-order valence-electron chi connectivity index (χ3n) is 2.75. The van der Waals surface area contributed by atoms with Gasteiger partial charge in [-0.3, -0.25) is 0 Å². The first-order chi connectivity index (χ1) is 6.88. The van der Waals surface area contributed by atoms with Crippen LogP contribution in [0.4, 0.5) is 8.78 Å². The van der Waals surface area contributed by atoms with E-state index in [1.165, 1.54) is 0 Å². The molecular weight excluding hydrogens is 196 g/mol. The van der Waals surface area contributed by atoms with Crippen LogP contribution in [-0.4, -0.2) is 6.54 Å². The summed E-state index contributed by atoms with van der Waals surface area (Å²) in [6.45, 7) is 5.95. The van der Waals surface area contributed by atoms with Gasteiger partial charge in [0.2, 0.25) is 0 Å². The van der Waals surface area contributed by atoms with E-state index in [4.69, 9.17) is 5.73 Å². The summed E-state index contributed by atoms with van der Waals surface area (Å²) in [5, 5.41) is 0. The van der Waals surface area contributed by atoms with Crippen molar-refractivity contribution in [1.82, 2.24) is 0 Å². The minimum absolute atomic E-state index is 0.350. The molecule has 0 aromatic heterocycles. The summed E-state index contributed by atoms with van der Waals surface area (Å²) >= 11 is 0. The van der Waals surface area contributed by atoms with Crippen molar-refractivity contribution in [3.63, 3.8) is 0 Å². The molecule has 0 radical (unpaired) electrons. The van der Waals surface area contributed by atoms with E-state index in [1.807, 2.05) is 13.8 Å². The number of nitrogens with two attached hydrogens (primary N) is 1. The van der Waals surface area contributed by atoms with Gasteiger partial charge in [-0.05, 0) is 42.5 Å². The molecule has 3 heteroatoms. The third kappa shape index (κ3) is 2.53. The van der Waals surface area contributed by atoms with E-state index in [2.05, 4.69) is 0 Å². The van der Waals surface area contributed by atoms with E-state index in [9.17, 15) is 8.78 Å². The molecule has 0 unspecified atom stereocenters. The van der Waals surface area contributed by atoms with Gasteiger partial charge < -0.3 is 5.73 Å². The molecule has 1 nitrogen and oxygen atoms in total. The number of benzene rings is 1. The molecule has 15 heavy (non-hydrogen) atoms. The third-order valence-corrected chi connectivity index (χ3v) is 2.75. The van der Waals surface area contributed by atoms with Crippen molar-refractivity contribution in [1.29, 1.82) is 0 Å². The summed E-state index contributed by atoms with van der Waals surface area (Å²) in [5.41, 5.74) is 6.13. The van der Waals surface area contributed by atoms with Crippen molar-refractivity contribution in [2.24, 2.45) is 5.73 Å². The monoisotopic (exact) mass is 213 g/mol. The fraction of sp³-hybridized carbons (Fsp3) is 0.500. The molecule has 0 amide bonds. The summed E-state index contributed by atoms with van der Waals surface area (Å²) in [6, 6.07) is 2.52. The first-order valence-electron chi connectivity index (χ1n) is 5.04. The van der Waals surface area contributed by atoms with Gasteiger partial charge in [-0.25, -0.2) is 8.78 Å². The quantitative estimate of drug-likeness (QED) is 0.820. The Labute approximate surface area is 89.3 Å². The molecule has 0 saturated heterocycles. The molecule has 0 aliphatic rings. The number of halogens is 2. The Morgan fingerprint density at radius 2 is 1.80 bits per heavy atom. The maximum absolute atomic E-state index is 13.6. The van der Waals surface area contributed by atoms with Crippen LogP contribution in [0.3, 0.4) is 0 Å². The highest BCUT2D eigenvalue weighted by Gasteiger charge is 2.24. The molecule has 84 valence electrons. The smallest absolute Gasteiger partial charge is 0.129 e. The summed E-state index contributed by atoms with van der Waals surface area (Å²) in [4.78, 5) is 0. The molecule has 0 spiro atoms. The first-order valence-corrected chi connectivity index (χ1v) is 5.04. The average molecular weight is 213 g/mol. The lowest BCUT2D eigenvalue weighted by molar-refractivity contribution is 0.451. The Hall–Kier alpha value is -0.960. The second-order valence-corrected chi connectivity index (χ2v) is 4.50. The van der Waals surface area contributed by atoms with Crippen LogP contribution >= 0.6 is 0 Å². The highest BCUT2D eigenvalue weighted by molar-refractivity contribution is 5.31. The van der Waals surface area contributed by atoms with E-state index >= 15 is 0 Å². The normalized spacial score (nSPS) is 11.9. The Morgan fingerprint density at radius 1 is 1.20 bits per heavy atom. The largest absolute Gasteiger partial charge is 0.330 e. The van der Waals surface area contributed by atoms with Crippen LogP contribution in [-0.2, 0) is 5.41 Å². The SMILES string of the molecule is Cc1cc(C(C)(C)CCN)c(F)cc1F. The Balaban J connectivity index is 3.19. The predicted octanol–water partition coefficient (Wildman–Crippen LogP) is 2.90. The fourth-order valence-electron chi connectivity index (χ4n) is 1.67. The predicted molar refractivity (Wildman–Crippen MR) is 57.8 cm³/mol. The molecule has 0 saturated carbocycles. The molecule has 0 aliphatic heterocycles. The minimum atomic E-state index is -0.500. The van der Waals surface area contributed by atoms with Gasteiger partial charge in [0.25, 0.3) is 0 Å². The molecule has 1 rings (SSSR count). The van der Waals surface area contributed by atoms with Crippen LogP contribution in [0.2, 0.25) is 0 Å². The molecular formula is C12H17F2N. The van der Waals surface area contributed by atoms with Gasteiger partial charge in [0.05, 0.1) is 0 Å². The van der Waals surface area contributed by atoms with Gasteiger partial charge in [0.15, 0.2) is 0 Å². The lowest BCUT2D eigenvalue weighted by Gasteiger charge is -2.25. The van der Waals surface area contributed by atoms with E-state index in [-0.39, 0.29) is 5.41 Å². The molecule has 2 N–H and O–H groups in total. The Morgan fingerprint density at radius 3 is 2.33 bits per heavy atom. The highest BCUT2D eigenvalue weighted by atomic mass is 19.1. The van der Waals surface area contributed by atoms with Crippen LogP contribution in [0.1, 0.15) is 31.4 Å². The maximum atomic E-state index is 13.6. The van der Waals surface area contributed by atoms with Crippen molar-refractivity contribution in [2.75, 3.05) is 6.54 Å². The number of hydrogen-bond acceptors (Lipinski definition) is 1. The molecule has 0 aliphatic carbocycles. The minimum Gasteiger partial charge on any atom is -0.330 e. The molecule has 0 atom stereocenters. The van der Waals surface area contributed by atoms with Gasteiger partial charge in [-0.2, -0.15) is 0 Å². The van der Waals surface area contributed by atoms with Crippen molar-refractivity contribution in [3.8, 4) is 0 Å². The van der Waals surface area contributed by atoms with Gasteiger partial charge in [0, 0.05) is 6.07 Å². The van der Waals surface area contributed by atoms with Gasteiger partial charge in [-0.1, -0.05) is 13.8 Å². The van der Waals surface area contributed by atoms with Crippen LogP contribution in [0.15, 0.2) is 12.1 Å². The zero-order valence-electron chi connectivity index (χ0n) is 9.40. The zero-order valence-corrected chi connectivity index (χ0v) is 9.40. The van der Waals surface area contributed by atoms with E-state index in [1.54, 1.807) is 13.0 Å². The van der Waals surface area contributed by atoms with Gasteiger partial charge >= 0.3 is 0 Å². The standard InChI is InChI=1S/C12H17F2N/c1-8-6-9(11(14)7-10(8)13)12(2,3)4-5-15/h6-7H,4-5,15H2,1-3H3. The highest BCUT2D eigenvalue weighted by Crippen LogP contribution is 2.30. The topological polar surface area (TPSA) is 26.0 Å². The lowest BCUT2D eigenvalue weighted by Crippen LogP contribution is -2.23. The number of rotatable bonds is 3. The Bertz CT molecular complexity index is 359. The second kappa shape index (κ2) is 4.27. The van der Waals surface area contributed by atoms with Crippen LogP contribution in [0.5, 0.6) is 0 Å². The summed E-state index contributed by atoms with van der Waals surface area (Å²) in [7, 11) is 0. The van der Waals surface area contributed by atoms with Gasteiger partial charge in [0.1, 0.15) is 11.6 Å². The first kappa shape index (κ1) is 12.1. The molecule has 1 aromatic rings. The van der Waals surface area contributed by atoms with Crippen LogP contribution < -0.4 is 5.73 Å². The number of aryl methyl sites for hydroxylation is 1. The molecule has 0 heterocycles. The maximum Gasteiger partial charge on any atom is 0.129 e. The van der Waals surface area contributed by atoms with Gasteiger partial charge in [-0.15, -0.1) is 0 Å². The van der Waals surface area contributed by atoms with Crippen molar-refractivity contribution in [3.05, 3.63) is 34.9 Å². The molecule has 0 bridgehead atoms. The fourth-order valence-corrected chi connectivity index (χ4v) is 1.67.